The maximum absolute atomic E-state index is 11.6. The molecule has 3 rings (SSSR count). The lowest BCUT2D eigenvalue weighted by Crippen LogP contribution is -2.31. The number of hydrogen-bond donors (Lipinski definition) is 2. The summed E-state index contributed by atoms with van der Waals surface area (Å²) in [6.45, 7) is 1.81. The number of carbonyl (C=O) groups is 1. The van der Waals surface area contributed by atoms with Gasteiger partial charge in [-0.3, -0.25) is 4.68 Å². The molecule has 21 heavy (non-hydrogen) atoms. The van der Waals surface area contributed by atoms with Crippen LogP contribution in [0, 0.1) is 0 Å². The fourth-order valence-electron chi connectivity index (χ4n) is 3.33. The third-order valence-electron chi connectivity index (χ3n) is 4.46. The Bertz CT molecular complexity index is 488. The third kappa shape index (κ3) is 3.20. The molecule has 1 aromatic heterocycles. The number of aromatic nitrogens is 2. The summed E-state index contributed by atoms with van der Waals surface area (Å²) in [5.74, 6) is -0.509. The minimum absolute atomic E-state index is 0.141. The number of carboxylic acid groups (broad SMARTS) is 1. The molecule has 0 unspecified atom stereocenters. The lowest BCUT2D eigenvalue weighted by molar-refractivity contribution is 0.0666. The fourth-order valence-corrected chi connectivity index (χ4v) is 3.33. The zero-order chi connectivity index (χ0) is 14.7. The highest BCUT2D eigenvalue weighted by Crippen LogP contribution is 2.29. The highest BCUT2D eigenvalue weighted by Gasteiger charge is 2.27. The number of carboxylic acids is 1. The molecule has 116 valence electrons. The van der Waals surface area contributed by atoms with Gasteiger partial charge in [0.25, 0.3) is 0 Å². The first kappa shape index (κ1) is 14.4. The summed E-state index contributed by atoms with van der Waals surface area (Å²) in [6.07, 6.45) is 9.14. The van der Waals surface area contributed by atoms with Crippen LogP contribution in [0.5, 0.6) is 5.75 Å². The van der Waals surface area contributed by atoms with Gasteiger partial charge >= 0.3 is 5.97 Å². The van der Waals surface area contributed by atoms with Gasteiger partial charge in [0.2, 0.25) is 0 Å². The Kier molecular flexibility index (Phi) is 4.43. The van der Waals surface area contributed by atoms with Crippen LogP contribution >= 0.6 is 0 Å². The van der Waals surface area contributed by atoms with Gasteiger partial charge in [0.1, 0.15) is 0 Å². The summed E-state index contributed by atoms with van der Waals surface area (Å²) in [6, 6.07) is 0.154. The molecule has 2 aliphatic rings. The maximum atomic E-state index is 11.6. The Morgan fingerprint density at radius 2 is 1.95 bits per heavy atom. The van der Waals surface area contributed by atoms with E-state index in [2.05, 4.69) is 10.4 Å². The average Bonchev–Trinajstić information content (AvgIpc) is 2.93. The van der Waals surface area contributed by atoms with E-state index in [0.717, 1.165) is 51.6 Å². The summed E-state index contributed by atoms with van der Waals surface area (Å²) in [4.78, 5) is 11.6. The van der Waals surface area contributed by atoms with E-state index in [9.17, 15) is 9.90 Å². The van der Waals surface area contributed by atoms with E-state index < -0.39 is 5.97 Å². The van der Waals surface area contributed by atoms with Crippen LogP contribution in [0.2, 0.25) is 0 Å². The normalized spacial score (nSPS) is 21.3. The maximum Gasteiger partial charge on any atom is 0.358 e. The summed E-state index contributed by atoms with van der Waals surface area (Å²) in [5.41, 5.74) is 0.215. The molecule has 0 atom stereocenters. The molecule has 0 spiro atoms. The summed E-state index contributed by atoms with van der Waals surface area (Å²) < 4.78 is 7.59. The van der Waals surface area contributed by atoms with E-state index in [1.807, 2.05) is 0 Å². The van der Waals surface area contributed by atoms with E-state index in [1.165, 1.54) is 6.42 Å². The van der Waals surface area contributed by atoms with Crippen molar-refractivity contribution in [3.05, 3.63) is 11.9 Å². The van der Waals surface area contributed by atoms with Gasteiger partial charge in [0, 0.05) is 0 Å². The molecule has 0 bridgehead atoms. The van der Waals surface area contributed by atoms with Crippen LogP contribution in [0.4, 0.5) is 0 Å². The van der Waals surface area contributed by atoms with Crippen molar-refractivity contribution < 1.29 is 14.6 Å². The third-order valence-corrected chi connectivity index (χ3v) is 4.46. The van der Waals surface area contributed by atoms with E-state index in [1.54, 1.807) is 10.9 Å². The predicted octanol–water partition coefficient (Wildman–Crippen LogP) is 2.22. The van der Waals surface area contributed by atoms with Crippen LogP contribution in [0.25, 0.3) is 0 Å². The largest absolute Gasteiger partial charge is 0.486 e. The van der Waals surface area contributed by atoms with Gasteiger partial charge in [0.05, 0.1) is 18.3 Å². The molecule has 6 heteroatoms. The van der Waals surface area contributed by atoms with Crippen molar-refractivity contribution in [3.63, 3.8) is 0 Å². The molecule has 0 amide bonds. The van der Waals surface area contributed by atoms with Crippen LogP contribution in [0.1, 0.15) is 61.5 Å². The van der Waals surface area contributed by atoms with Gasteiger partial charge in [-0.2, -0.15) is 5.10 Å². The molecule has 1 saturated carbocycles. The Morgan fingerprint density at radius 1 is 1.24 bits per heavy atom. The average molecular weight is 293 g/mol. The molecule has 1 saturated heterocycles. The minimum atomic E-state index is -0.947. The highest BCUT2D eigenvalue weighted by atomic mass is 16.5. The van der Waals surface area contributed by atoms with Gasteiger partial charge in [-0.25, -0.2) is 4.79 Å². The van der Waals surface area contributed by atoms with Crippen molar-refractivity contribution in [2.24, 2.45) is 0 Å². The number of nitrogens with one attached hydrogen (secondary N) is 1. The van der Waals surface area contributed by atoms with Crippen molar-refractivity contribution in [2.45, 2.75) is 57.1 Å². The number of nitrogens with zero attached hydrogens (tertiary/aromatic N) is 2. The predicted molar refractivity (Wildman–Crippen MR) is 77.8 cm³/mol. The molecule has 0 radical (unpaired) electrons. The van der Waals surface area contributed by atoms with Crippen LogP contribution in [0.3, 0.4) is 0 Å². The topological polar surface area (TPSA) is 76.4 Å². The van der Waals surface area contributed by atoms with Gasteiger partial charge < -0.3 is 15.2 Å². The molecule has 1 aliphatic carbocycles. The zero-order valence-electron chi connectivity index (χ0n) is 12.3. The molecule has 2 N–H and O–H groups in total. The second-order valence-corrected chi connectivity index (χ2v) is 5.97. The van der Waals surface area contributed by atoms with Gasteiger partial charge in [0.15, 0.2) is 11.4 Å². The molecule has 1 aliphatic heterocycles. The Labute approximate surface area is 124 Å². The Hall–Kier alpha value is -1.56. The van der Waals surface area contributed by atoms with Crippen LogP contribution in [0.15, 0.2) is 6.20 Å². The molecular formula is C15H23N3O3. The Balaban J connectivity index is 1.79. The molecule has 0 aromatic carbocycles. The van der Waals surface area contributed by atoms with Crippen molar-refractivity contribution in [1.82, 2.24) is 15.1 Å². The van der Waals surface area contributed by atoms with Crippen molar-refractivity contribution in [2.75, 3.05) is 13.1 Å². The minimum Gasteiger partial charge on any atom is -0.486 e. The standard InChI is InChI=1S/C15H23N3O3/c19-15(20)14-13(21-12-4-2-1-3-5-12)10-17-18(14)11-6-8-16-9-7-11/h10-12,16H,1-9H2,(H,19,20). The van der Waals surface area contributed by atoms with Crippen LogP contribution in [-0.2, 0) is 0 Å². The van der Waals surface area contributed by atoms with E-state index in [4.69, 9.17) is 4.74 Å². The monoisotopic (exact) mass is 293 g/mol. The first-order valence-electron chi connectivity index (χ1n) is 7.94. The first-order valence-corrected chi connectivity index (χ1v) is 7.94. The molecule has 1 aromatic rings. The number of ether oxygens (including phenoxy) is 1. The highest BCUT2D eigenvalue weighted by molar-refractivity contribution is 5.88. The van der Waals surface area contributed by atoms with Crippen molar-refractivity contribution >= 4 is 5.97 Å². The van der Waals surface area contributed by atoms with Gasteiger partial charge in [-0.05, 0) is 51.6 Å². The van der Waals surface area contributed by atoms with E-state index in [0.29, 0.717) is 5.75 Å². The second kappa shape index (κ2) is 6.47. The van der Waals surface area contributed by atoms with E-state index in [-0.39, 0.29) is 17.8 Å². The summed E-state index contributed by atoms with van der Waals surface area (Å²) in [7, 11) is 0. The SMILES string of the molecule is O=C(O)c1c(OC2CCCCC2)cnn1C1CCNCC1. The fraction of sp³-hybridized carbons (Fsp3) is 0.733. The number of rotatable bonds is 4. The van der Waals surface area contributed by atoms with Crippen molar-refractivity contribution in [1.29, 1.82) is 0 Å². The lowest BCUT2D eigenvalue weighted by Gasteiger charge is -2.25. The summed E-state index contributed by atoms with van der Waals surface area (Å²) in [5, 5.41) is 17.1. The van der Waals surface area contributed by atoms with Gasteiger partial charge in [-0.15, -0.1) is 0 Å². The van der Waals surface area contributed by atoms with Crippen molar-refractivity contribution in [3.8, 4) is 5.75 Å². The van der Waals surface area contributed by atoms with Crippen LogP contribution in [-0.4, -0.2) is 40.0 Å². The molecule has 6 nitrogen and oxygen atoms in total. The number of aromatic carboxylic acids is 1. The van der Waals surface area contributed by atoms with E-state index >= 15 is 0 Å². The Morgan fingerprint density at radius 3 is 2.62 bits per heavy atom. The quantitative estimate of drug-likeness (QED) is 0.890. The first-order chi connectivity index (χ1) is 10.3. The summed E-state index contributed by atoms with van der Waals surface area (Å²) >= 11 is 0. The smallest absolute Gasteiger partial charge is 0.358 e. The molecule has 2 fully saturated rings. The lowest BCUT2D eigenvalue weighted by atomic mass is 9.98. The number of hydrogen-bond acceptors (Lipinski definition) is 4. The number of piperidine rings is 1. The van der Waals surface area contributed by atoms with Crippen LogP contribution < -0.4 is 10.1 Å². The molecular weight excluding hydrogens is 270 g/mol. The van der Waals surface area contributed by atoms with Gasteiger partial charge in [-0.1, -0.05) is 6.42 Å². The zero-order valence-corrected chi connectivity index (χ0v) is 12.3. The molecule has 2 heterocycles. The second-order valence-electron chi connectivity index (χ2n) is 5.97.